The van der Waals surface area contributed by atoms with Crippen LogP contribution in [0, 0.1) is 0 Å². The molecule has 0 aromatic heterocycles. The Morgan fingerprint density at radius 1 is 1.30 bits per heavy atom. The van der Waals surface area contributed by atoms with Crippen LogP contribution in [0.25, 0.3) is 0 Å². The molecule has 2 heterocycles. The standard InChI is InChI=1S/C14H25N3O3/c1-14(2,6-5-12(18)19)15-13(20)17-9-8-16-7-3-4-11(16)10-17/h11H,3-10H2,1-2H3,(H,15,20)(H,18,19). The van der Waals surface area contributed by atoms with E-state index >= 15 is 0 Å². The second-order valence-corrected chi connectivity index (χ2v) is 6.49. The summed E-state index contributed by atoms with van der Waals surface area (Å²) in [5.74, 6) is -0.827. The van der Waals surface area contributed by atoms with E-state index in [9.17, 15) is 9.59 Å². The maximum absolute atomic E-state index is 12.3. The number of amides is 2. The number of urea groups is 1. The van der Waals surface area contributed by atoms with Crippen LogP contribution in [0.4, 0.5) is 4.79 Å². The van der Waals surface area contributed by atoms with E-state index in [0.717, 1.165) is 26.2 Å². The fourth-order valence-electron chi connectivity index (χ4n) is 3.03. The summed E-state index contributed by atoms with van der Waals surface area (Å²) in [5.41, 5.74) is -0.484. The van der Waals surface area contributed by atoms with Crippen molar-refractivity contribution in [2.45, 2.75) is 51.1 Å². The van der Waals surface area contributed by atoms with Gasteiger partial charge in [-0.15, -0.1) is 0 Å². The summed E-state index contributed by atoms with van der Waals surface area (Å²) in [7, 11) is 0. The molecule has 20 heavy (non-hydrogen) atoms. The molecule has 2 aliphatic heterocycles. The highest BCUT2D eigenvalue weighted by Crippen LogP contribution is 2.22. The van der Waals surface area contributed by atoms with E-state index in [2.05, 4.69) is 10.2 Å². The monoisotopic (exact) mass is 283 g/mol. The molecule has 0 bridgehead atoms. The van der Waals surface area contributed by atoms with Crippen molar-refractivity contribution < 1.29 is 14.7 Å². The van der Waals surface area contributed by atoms with Crippen molar-refractivity contribution in [1.29, 1.82) is 0 Å². The number of hydrogen-bond acceptors (Lipinski definition) is 3. The quantitative estimate of drug-likeness (QED) is 0.811. The summed E-state index contributed by atoms with van der Waals surface area (Å²) < 4.78 is 0. The van der Waals surface area contributed by atoms with Gasteiger partial charge in [-0.25, -0.2) is 4.79 Å². The van der Waals surface area contributed by atoms with E-state index in [1.165, 1.54) is 12.8 Å². The largest absolute Gasteiger partial charge is 0.481 e. The third-order valence-corrected chi connectivity index (χ3v) is 4.28. The normalized spacial score (nSPS) is 23.5. The van der Waals surface area contributed by atoms with Gasteiger partial charge in [-0.05, 0) is 39.7 Å². The SMILES string of the molecule is CC(C)(CCC(=O)O)NC(=O)N1CCN2CCCC2C1. The molecule has 2 fully saturated rings. The van der Waals surface area contributed by atoms with Gasteiger partial charge in [-0.3, -0.25) is 9.69 Å². The molecule has 2 saturated heterocycles. The summed E-state index contributed by atoms with van der Waals surface area (Å²) >= 11 is 0. The molecule has 6 heteroatoms. The molecule has 2 N–H and O–H groups in total. The van der Waals surface area contributed by atoms with Gasteiger partial charge in [0.05, 0.1) is 0 Å². The van der Waals surface area contributed by atoms with Crippen molar-refractivity contribution in [1.82, 2.24) is 15.1 Å². The Labute approximate surface area is 120 Å². The number of carboxylic acids is 1. The smallest absolute Gasteiger partial charge is 0.317 e. The lowest BCUT2D eigenvalue weighted by atomic mass is 9.98. The third-order valence-electron chi connectivity index (χ3n) is 4.28. The van der Waals surface area contributed by atoms with E-state index in [1.807, 2.05) is 18.7 Å². The first-order valence-corrected chi connectivity index (χ1v) is 7.40. The van der Waals surface area contributed by atoms with Crippen LogP contribution in [0.1, 0.15) is 39.5 Å². The van der Waals surface area contributed by atoms with E-state index in [-0.39, 0.29) is 12.5 Å². The molecule has 0 saturated carbocycles. The van der Waals surface area contributed by atoms with Gasteiger partial charge >= 0.3 is 12.0 Å². The van der Waals surface area contributed by atoms with Crippen LogP contribution in [0.5, 0.6) is 0 Å². The number of carbonyl (C=O) groups excluding carboxylic acids is 1. The Balaban J connectivity index is 1.83. The predicted octanol–water partition coefficient (Wildman–Crippen LogP) is 1.12. The summed E-state index contributed by atoms with van der Waals surface area (Å²) in [6, 6.07) is 0.448. The van der Waals surface area contributed by atoms with E-state index < -0.39 is 11.5 Å². The zero-order chi connectivity index (χ0) is 14.8. The summed E-state index contributed by atoms with van der Waals surface area (Å²) in [5, 5.41) is 11.7. The number of carboxylic acid groups (broad SMARTS) is 1. The van der Waals surface area contributed by atoms with Crippen LogP contribution in [-0.4, -0.2) is 64.7 Å². The van der Waals surface area contributed by atoms with E-state index in [1.54, 1.807) is 0 Å². The van der Waals surface area contributed by atoms with Gasteiger partial charge < -0.3 is 15.3 Å². The number of carbonyl (C=O) groups is 2. The molecule has 1 atom stereocenters. The first kappa shape index (κ1) is 15.1. The highest BCUT2D eigenvalue weighted by molar-refractivity contribution is 5.75. The summed E-state index contributed by atoms with van der Waals surface area (Å²) in [6.07, 6.45) is 2.91. The number of nitrogens with zero attached hydrogens (tertiary/aromatic N) is 2. The van der Waals surface area contributed by atoms with Gasteiger partial charge in [0.15, 0.2) is 0 Å². The molecule has 2 aliphatic rings. The highest BCUT2D eigenvalue weighted by atomic mass is 16.4. The van der Waals surface area contributed by atoms with Crippen LogP contribution < -0.4 is 5.32 Å². The Morgan fingerprint density at radius 3 is 2.75 bits per heavy atom. The molecule has 0 aromatic rings. The summed E-state index contributed by atoms with van der Waals surface area (Å²) in [4.78, 5) is 27.3. The fraction of sp³-hybridized carbons (Fsp3) is 0.857. The van der Waals surface area contributed by atoms with Crippen LogP contribution >= 0.6 is 0 Å². The first-order valence-electron chi connectivity index (χ1n) is 7.40. The number of piperazine rings is 1. The van der Waals surface area contributed by atoms with Crippen molar-refractivity contribution in [2.24, 2.45) is 0 Å². The Kier molecular flexibility index (Phi) is 4.52. The van der Waals surface area contributed by atoms with Crippen LogP contribution in [0.2, 0.25) is 0 Å². The first-order chi connectivity index (χ1) is 9.37. The molecule has 0 aliphatic carbocycles. The number of aliphatic carboxylic acids is 1. The van der Waals surface area contributed by atoms with Crippen molar-refractivity contribution >= 4 is 12.0 Å². The zero-order valence-corrected chi connectivity index (χ0v) is 12.4. The maximum Gasteiger partial charge on any atom is 0.317 e. The lowest BCUT2D eigenvalue weighted by molar-refractivity contribution is -0.137. The van der Waals surface area contributed by atoms with Gasteiger partial charge in [0.1, 0.15) is 0 Å². The second kappa shape index (κ2) is 5.99. The number of hydrogen-bond donors (Lipinski definition) is 2. The Hall–Kier alpha value is -1.30. The minimum absolute atomic E-state index is 0.0630. The molecule has 2 rings (SSSR count). The molecule has 0 aromatic carbocycles. The lowest BCUT2D eigenvalue weighted by Gasteiger charge is -2.39. The number of fused-ring (bicyclic) bond motifs is 1. The van der Waals surface area contributed by atoms with Crippen molar-refractivity contribution in [3.05, 3.63) is 0 Å². The zero-order valence-electron chi connectivity index (χ0n) is 12.4. The molecule has 6 nitrogen and oxygen atoms in total. The van der Waals surface area contributed by atoms with Gasteiger partial charge in [-0.1, -0.05) is 0 Å². The van der Waals surface area contributed by atoms with Crippen LogP contribution in [0.3, 0.4) is 0 Å². The topological polar surface area (TPSA) is 72.9 Å². The minimum atomic E-state index is -0.827. The van der Waals surface area contributed by atoms with E-state index in [4.69, 9.17) is 5.11 Å². The molecule has 0 radical (unpaired) electrons. The molecule has 2 amide bonds. The maximum atomic E-state index is 12.3. The molecule has 114 valence electrons. The van der Waals surface area contributed by atoms with E-state index in [0.29, 0.717) is 12.5 Å². The third kappa shape index (κ3) is 3.85. The lowest BCUT2D eigenvalue weighted by Crippen LogP contribution is -2.57. The van der Waals surface area contributed by atoms with Gasteiger partial charge in [0, 0.05) is 37.6 Å². The average molecular weight is 283 g/mol. The second-order valence-electron chi connectivity index (χ2n) is 6.49. The fourth-order valence-corrected chi connectivity index (χ4v) is 3.03. The van der Waals surface area contributed by atoms with Crippen LogP contribution in [0.15, 0.2) is 0 Å². The minimum Gasteiger partial charge on any atom is -0.481 e. The predicted molar refractivity (Wildman–Crippen MR) is 75.6 cm³/mol. The summed E-state index contributed by atoms with van der Waals surface area (Å²) in [6.45, 7) is 7.41. The van der Waals surface area contributed by atoms with Crippen LogP contribution in [-0.2, 0) is 4.79 Å². The van der Waals surface area contributed by atoms with Gasteiger partial charge in [-0.2, -0.15) is 0 Å². The molecular weight excluding hydrogens is 258 g/mol. The molecule has 0 spiro atoms. The van der Waals surface area contributed by atoms with Crippen molar-refractivity contribution in [2.75, 3.05) is 26.2 Å². The Morgan fingerprint density at radius 2 is 2.05 bits per heavy atom. The number of rotatable bonds is 4. The molecule has 1 unspecified atom stereocenters. The average Bonchev–Trinajstić information content (AvgIpc) is 2.83. The van der Waals surface area contributed by atoms with Crippen molar-refractivity contribution in [3.63, 3.8) is 0 Å². The van der Waals surface area contributed by atoms with Crippen molar-refractivity contribution in [3.8, 4) is 0 Å². The highest BCUT2D eigenvalue weighted by Gasteiger charge is 2.33. The van der Waals surface area contributed by atoms with Gasteiger partial charge in [0.2, 0.25) is 0 Å². The number of nitrogens with one attached hydrogen (secondary N) is 1. The Bertz CT molecular complexity index is 384. The van der Waals surface area contributed by atoms with Gasteiger partial charge in [0.25, 0.3) is 0 Å². The molecular formula is C14H25N3O3.